The van der Waals surface area contributed by atoms with E-state index in [0.717, 1.165) is 44.1 Å². The van der Waals surface area contributed by atoms with Gasteiger partial charge in [-0.2, -0.15) is 0 Å². The summed E-state index contributed by atoms with van der Waals surface area (Å²) >= 11 is 5.19. The first-order valence-corrected chi connectivity index (χ1v) is 9.00. The van der Waals surface area contributed by atoms with E-state index in [1.54, 1.807) is 0 Å². The number of carbonyl (C=O) groups excluding carboxylic acids is 1. The van der Waals surface area contributed by atoms with Crippen molar-refractivity contribution >= 4 is 34.6 Å². The first kappa shape index (κ1) is 18.3. The van der Waals surface area contributed by atoms with Crippen molar-refractivity contribution in [2.75, 3.05) is 43.1 Å². The van der Waals surface area contributed by atoms with E-state index in [0.29, 0.717) is 18.5 Å². The molecule has 5 N–H and O–H groups in total. The number of rotatable bonds is 3. The molecular weight excluding hydrogens is 354 g/mol. The molecule has 1 aromatic carbocycles. The normalized spacial score (nSPS) is 17.3. The van der Waals surface area contributed by atoms with E-state index < -0.39 is 5.91 Å². The Labute approximate surface area is 157 Å². The van der Waals surface area contributed by atoms with Crippen LogP contribution in [0.15, 0.2) is 35.7 Å². The van der Waals surface area contributed by atoms with Gasteiger partial charge in [-0.15, -0.1) is 0 Å². The third kappa shape index (κ3) is 4.77. The summed E-state index contributed by atoms with van der Waals surface area (Å²) in [6, 6.07) is 7.90. The van der Waals surface area contributed by atoms with Crippen LogP contribution in [0.25, 0.3) is 0 Å². The predicted octanol–water partition coefficient (Wildman–Crippen LogP) is 0.994. The zero-order chi connectivity index (χ0) is 18.4. The number of anilines is 2. The van der Waals surface area contributed by atoms with Crippen LogP contribution in [0, 0.1) is 0 Å². The lowest BCUT2D eigenvalue weighted by molar-refractivity contribution is -0.118. The largest absolute Gasteiger partial charge is 0.494 e. The lowest BCUT2D eigenvalue weighted by atomic mass is 10.1. The maximum Gasteiger partial charge on any atom is 0.270 e. The fraction of sp³-hybridized carbons (Fsp3) is 0.412. The Morgan fingerprint density at radius 3 is 2.62 bits per heavy atom. The van der Waals surface area contributed by atoms with Gasteiger partial charge >= 0.3 is 0 Å². The molecule has 2 aliphatic rings. The van der Waals surface area contributed by atoms with Crippen molar-refractivity contribution in [3.8, 4) is 0 Å². The molecule has 2 aliphatic heterocycles. The molecule has 0 unspecified atom stereocenters. The van der Waals surface area contributed by atoms with Crippen molar-refractivity contribution in [2.24, 2.45) is 0 Å². The maximum atomic E-state index is 12.1. The molecule has 0 spiro atoms. The van der Waals surface area contributed by atoms with Crippen LogP contribution < -0.4 is 26.4 Å². The number of hydrogen-bond donors (Lipinski definition) is 5. The van der Waals surface area contributed by atoms with Crippen molar-refractivity contribution in [1.29, 1.82) is 0 Å². The highest BCUT2D eigenvalue weighted by Gasteiger charge is 2.18. The van der Waals surface area contributed by atoms with Crippen LogP contribution >= 0.6 is 12.2 Å². The summed E-state index contributed by atoms with van der Waals surface area (Å²) in [5, 5.41) is 15.7. The van der Waals surface area contributed by atoms with Gasteiger partial charge in [-0.1, -0.05) is 0 Å². The minimum absolute atomic E-state index is 0.0758. The van der Waals surface area contributed by atoms with E-state index in [1.807, 2.05) is 24.3 Å². The number of nitrogens with one attached hydrogen (secondary N) is 4. The molecule has 0 aliphatic carbocycles. The highest BCUT2D eigenvalue weighted by atomic mass is 32.1. The van der Waals surface area contributed by atoms with Gasteiger partial charge in [0, 0.05) is 31.0 Å². The van der Waals surface area contributed by atoms with Crippen molar-refractivity contribution in [3.05, 3.63) is 35.7 Å². The van der Waals surface area contributed by atoms with Gasteiger partial charge < -0.3 is 25.4 Å². The fourth-order valence-corrected chi connectivity index (χ4v) is 3.02. The minimum Gasteiger partial charge on any atom is -0.494 e. The number of carbonyl (C=O) groups is 1. The Balaban J connectivity index is 1.48. The standard InChI is InChI=1S/C17H23N5O3S/c23-15-14(2-1-7-18-15)16(24)20-21-17(26)19-12-3-5-13(6-4-12)22-8-10-25-11-9-22/h3-6,18,23H,1-2,7-11H2,(H,20,24)(H2,19,21,26). The smallest absolute Gasteiger partial charge is 0.270 e. The average Bonchev–Trinajstić information content (AvgIpc) is 2.68. The van der Waals surface area contributed by atoms with Crippen molar-refractivity contribution in [1.82, 2.24) is 16.2 Å². The molecule has 8 nitrogen and oxygen atoms in total. The van der Waals surface area contributed by atoms with Crippen LogP contribution in [-0.4, -0.2) is 49.0 Å². The zero-order valence-electron chi connectivity index (χ0n) is 14.4. The molecular formula is C17H23N5O3S. The average molecular weight is 377 g/mol. The first-order chi connectivity index (χ1) is 12.6. The summed E-state index contributed by atoms with van der Waals surface area (Å²) in [7, 11) is 0. The van der Waals surface area contributed by atoms with Gasteiger partial charge in [-0.3, -0.25) is 15.6 Å². The van der Waals surface area contributed by atoms with E-state index in [-0.39, 0.29) is 11.0 Å². The van der Waals surface area contributed by atoms with E-state index in [2.05, 4.69) is 26.4 Å². The lowest BCUT2D eigenvalue weighted by Gasteiger charge is -2.29. The second-order valence-corrected chi connectivity index (χ2v) is 6.45. The number of ether oxygens (including phenoxy) is 1. The molecule has 0 saturated carbocycles. The molecule has 2 heterocycles. The summed E-state index contributed by atoms with van der Waals surface area (Å²) in [6.45, 7) is 3.92. The molecule has 3 rings (SSSR count). The Morgan fingerprint density at radius 2 is 1.92 bits per heavy atom. The number of morpholine rings is 1. The van der Waals surface area contributed by atoms with Crippen LogP contribution in [-0.2, 0) is 9.53 Å². The number of thiocarbonyl (C=S) groups is 1. The third-order valence-electron chi connectivity index (χ3n) is 4.25. The van der Waals surface area contributed by atoms with E-state index in [1.165, 1.54) is 0 Å². The second kappa shape index (κ2) is 8.72. The maximum absolute atomic E-state index is 12.1. The molecule has 1 aromatic rings. The van der Waals surface area contributed by atoms with Gasteiger partial charge in [-0.25, -0.2) is 0 Å². The summed E-state index contributed by atoms with van der Waals surface area (Å²) in [5.74, 6) is -0.477. The molecule has 0 bridgehead atoms. The minimum atomic E-state index is -0.401. The van der Waals surface area contributed by atoms with Gasteiger partial charge in [-0.05, 0) is 49.3 Å². The lowest BCUT2D eigenvalue weighted by Crippen LogP contribution is -2.45. The van der Waals surface area contributed by atoms with E-state index in [9.17, 15) is 9.90 Å². The molecule has 1 fully saturated rings. The van der Waals surface area contributed by atoms with Crippen LogP contribution in [0.4, 0.5) is 11.4 Å². The fourth-order valence-electron chi connectivity index (χ4n) is 2.85. The monoisotopic (exact) mass is 377 g/mol. The zero-order valence-corrected chi connectivity index (χ0v) is 15.2. The number of hydrogen-bond acceptors (Lipinski definition) is 6. The number of aliphatic hydroxyl groups is 1. The molecule has 0 aromatic heterocycles. The van der Waals surface area contributed by atoms with Crippen molar-refractivity contribution in [3.63, 3.8) is 0 Å². The summed E-state index contributed by atoms with van der Waals surface area (Å²) in [6.07, 6.45) is 1.32. The topological polar surface area (TPSA) is 97.9 Å². The highest BCUT2D eigenvalue weighted by molar-refractivity contribution is 7.80. The molecule has 26 heavy (non-hydrogen) atoms. The number of hydrazine groups is 1. The quantitative estimate of drug-likeness (QED) is 0.393. The van der Waals surface area contributed by atoms with Gasteiger partial charge in [0.25, 0.3) is 5.91 Å². The van der Waals surface area contributed by atoms with Crippen molar-refractivity contribution in [2.45, 2.75) is 12.8 Å². The van der Waals surface area contributed by atoms with Gasteiger partial charge in [0.2, 0.25) is 0 Å². The van der Waals surface area contributed by atoms with Crippen molar-refractivity contribution < 1.29 is 14.6 Å². The number of amides is 1. The molecule has 140 valence electrons. The summed E-state index contributed by atoms with van der Waals surface area (Å²) < 4.78 is 5.36. The number of aliphatic hydroxyl groups excluding tert-OH is 1. The highest BCUT2D eigenvalue weighted by Crippen LogP contribution is 2.19. The Morgan fingerprint density at radius 1 is 1.19 bits per heavy atom. The van der Waals surface area contributed by atoms with Crippen LogP contribution in [0.1, 0.15) is 12.8 Å². The van der Waals surface area contributed by atoms with Crippen LogP contribution in [0.5, 0.6) is 0 Å². The van der Waals surface area contributed by atoms with E-state index >= 15 is 0 Å². The van der Waals surface area contributed by atoms with Gasteiger partial charge in [0.1, 0.15) is 0 Å². The Bertz CT molecular complexity index is 686. The Hall–Kier alpha value is -2.52. The SMILES string of the molecule is O=C(NNC(=S)Nc1ccc(N2CCOCC2)cc1)C1=C(O)NCCC1. The molecule has 1 saturated heterocycles. The summed E-state index contributed by atoms with van der Waals surface area (Å²) in [5.41, 5.74) is 7.41. The van der Waals surface area contributed by atoms with Gasteiger partial charge in [0.05, 0.1) is 18.8 Å². The second-order valence-electron chi connectivity index (χ2n) is 6.04. The van der Waals surface area contributed by atoms with Crippen LogP contribution in [0.3, 0.4) is 0 Å². The van der Waals surface area contributed by atoms with Gasteiger partial charge in [0.15, 0.2) is 11.0 Å². The summed E-state index contributed by atoms with van der Waals surface area (Å²) in [4.78, 5) is 14.3. The predicted molar refractivity (Wildman–Crippen MR) is 104 cm³/mol. The number of nitrogens with zero attached hydrogens (tertiary/aromatic N) is 1. The van der Waals surface area contributed by atoms with E-state index in [4.69, 9.17) is 17.0 Å². The molecule has 0 atom stereocenters. The number of benzene rings is 1. The Kier molecular flexibility index (Phi) is 6.13. The molecule has 9 heteroatoms. The first-order valence-electron chi connectivity index (χ1n) is 8.59. The molecule has 0 radical (unpaired) electrons. The third-order valence-corrected chi connectivity index (χ3v) is 4.45. The van der Waals surface area contributed by atoms with Crippen LogP contribution in [0.2, 0.25) is 0 Å². The molecule has 1 amide bonds.